The summed E-state index contributed by atoms with van der Waals surface area (Å²) in [4.78, 5) is 4.18. The van der Waals surface area contributed by atoms with Gasteiger partial charge in [-0.05, 0) is 13.8 Å². The highest BCUT2D eigenvalue weighted by molar-refractivity contribution is 5.10. The van der Waals surface area contributed by atoms with Crippen LogP contribution in [-0.4, -0.2) is 15.7 Å². The Balaban J connectivity index is 2.39. The Bertz CT molecular complexity index is 231. The highest BCUT2D eigenvalue weighted by atomic mass is 16.5. The van der Waals surface area contributed by atoms with E-state index in [9.17, 15) is 0 Å². The fraction of sp³-hybridized carbons (Fsp3) is 0.571. The summed E-state index contributed by atoms with van der Waals surface area (Å²) in [5, 5.41) is 0. The zero-order valence-corrected chi connectivity index (χ0v) is 6.16. The van der Waals surface area contributed by atoms with Crippen LogP contribution in [-0.2, 0) is 6.54 Å². The molecule has 0 amide bonds. The molecule has 0 saturated heterocycles. The number of aromatic nitrogens is 2. The molecule has 0 fully saturated rings. The number of ether oxygens (including phenoxy) is 1. The second kappa shape index (κ2) is 1.75. The van der Waals surface area contributed by atoms with Crippen molar-refractivity contribution in [3.8, 4) is 6.01 Å². The summed E-state index contributed by atoms with van der Waals surface area (Å²) in [6.07, 6.45) is 2.31. The van der Waals surface area contributed by atoms with E-state index in [1.807, 2.05) is 24.6 Å². The normalized spacial score (nSPS) is 22.4. The Hall–Kier alpha value is -0.990. The zero-order valence-electron chi connectivity index (χ0n) is 6.16. The summed E-state index contributed by atoms with van der Waals surface area (Å²) in [5.41, 5.74) is 1.03. The maximum Gasteiger partial charge on any atom is 0.296 e. The maximum absolute atomic E-state index is 5.38. The number of aryl methyl sites for hydroxylation is 1. The molecular formula is C7H10N2O. The van der Waals surface area contributed by atoms with Crippen molar-refractivity contribution in [2.45, 2.75) is 26.5 Å². The first-order valence-corrected chi connectivity index (χ1v) is 3.46. The van der Waals surface area contributed by atoms with Crippen molar-refractivity contribution in [2.24, 2.45) is 0 Å². The number of rotatable bonds is 0. The van der Waals surface area contributed by atoms with Gasteiger partial charge >= 0.3 is 0 Å². The van der Waals surface area contributed by atoms with Crippen LogP contribution in [0.5, 0.6) is 6.01 Å². The first-order valence-electron chi connectivity index (χ1n) is 3.46. The molecular weight excluding hydrogens is 128 g/mol. The molecule has 0 N–H and O–H groups in total. The van der Waals surface area contributed by atoms with Crippen LogP contribution in [0.4, 0.5) is 0 Å². The second-order valence-corrected chi connectivity index (χ2v) is 2.75. The number of nitrogens with zero attached hydrogens (tertiary/aromatic N) is 2. The third kappa shape index (κ3) is 0.701. The van der Waals surface area contributed by atoms with Gasteiger partial charge in [0.2, 0.25) is 0 Å². The quantitative estimate of drug-likeness (QED) is 0.534. The smallest absolute Gasteiger partial charge is 0.296 e. The van der Waals surface area contributed by atoms with E-state index in [0.717, 1.165) is 18.2 Å². The van der Waals surface area contributed by atoms with E-state index >= 15 is 0 Å². The van der Waals surface area contributed by atoms with Gasteiger partial charge in [0.05, 0.1) is 12.2 Å². The highest BCUT2D eigenvalue weighted by Gasteiger charge is 2.19. The molecule has 0 saturated carbocycles. The van der Waals surface area contributed by atoms with Crippen molar-refractivity contribution in [3.05, 3.63) is 11.9 Å². The number of imidazole rings is 1. The van der Waals surface area contributed by atoms with Gasteiger partial charge in [-0.1, -0.05) is 0 Å². The summed E-state index contributed by atoms with van der Waals surface area (Å²) in [5.74, 6) is 0. The molecule has 1 aliphatic rings. The van der Waals surface area contributed by atoms with Crippen LogP contribution >= 0.6 is 0 Å². The summed E-state index contributed by atoms with van der Waals surface area (Å²) in [6, 6.07) is 0.769. The molecule has 0 aromatic carbocycles. The molecule has 1 atom stereocenters. The van der Waals surface area contributed by atoms with Gasteiger partial charge in [-0.15, -0.1) is 0 Å². The predicted molar refractivity (Wildman–Crippen MR) is 37.1 cm³/mol. The summed E-state index contributed by atoms with van der Waals surface area (Å²) in [6.45, 7) is 4.96. The van der Waals surface area contributed by atoms with Gasteiger partial charge in [-0.25, -0.2) is 4.98 Å². The Morgan fingerprint density at radius 1 is 1.80 bits per heavy atom. The van der Waals surface area contributed by atoms with Crippen LogP contribution in [0.3, 0.4) is 0 Å². The first-order chi connectivity index (χ1) is 4.75. The van der Waals surface area contributed by atoms with Gasteiger partial charge < -0.3 is 4.74 Å². The molecule has 0 bridgehead atoms. The molecule has 1 aliphatic heterocycles. The molecule has 2 heterocycles. The average Bonchev–Trinajstić information content (AvgIpc) is 2.21. The molecule has 10 heavy (non-hydrogen) atoms. The van der Waals surface area contributed by atoms with Crippen molar-refractivity contribution in [1.82, 2.24) is 9.55 Å². The lowest BCUT2D eigenvalue weighted by Crippen LogP contribution is -2.08. The third-order valence-electron chi connectivity index (χ3n) is 1.62. The van der Waals surface area contributed by atoms with Crippen molar-refractivity contribution in [3.63, 3.8) is 0 Å². The fourth-order valence-corrected chi connectivity index (χ4v) is 1.24. The fourth-order valence-electron chi connectivity index (χ4n) is 1.24. The van der Waals surface area contributed by atoms with Crippen molar-refractivity contribution >= 4 is 0 Å². The van der Waals surface area contributed by atoms with Crippen molar-refractivity contribution < 1.29 is 4.74 Å². The lowest BCUT2D eigenvalue weighted by Gasteiger charge is -1.97. The topological polar surface area (TPSA) is 27.1 Å². The van der Waals surface area contributed by atoms with Gasteiger partial charge in [-0.3, -0.25) is 4.57 Å². The molecule has 54 valence electrons. The molecule has 2 rings (SSSR count). The maximum atomic E-state index is 5.38. The summed E-state index contributed by atoms with van der Waals surface area (Å²) >= 11 is 0. The zero-order chi connectivity index (χ0) is 7.14. The van der Waals surface area contributed by atoms with Crippen LogP contribution in [0.15, 0.2) is 6.20 Å². The van der Waals surface area contributed by atoms with E-state index in [1.165, 1.54) is 0 Å². The largest absolute Gasteiger partial charge is 0.460 e. The number of hydrogen-bond acceptors (Lipinski definition) is 2. The Morgan fingerprint density at radius 3 is 3.30 bits per heavy atom. The van der Waals surface area contributed by atoms with Gasteiger partial charge in [-0.2, -0.15) is 0 Å². The molecule has 0 radical (unpaired) electrons. The van der Waals surface area contributed by atoms with Crippen LogP contribution < -0.4 is 4.74 Å². The van der Waals surface area contributed by atoms with Gasteiger partial charge in [0.1, 0.15) is 6.10 Å². The Morgan fingerprint density at radius 2 is 2.60 bits per heavy atom. The van der Waals surface area contributed by atoms with E-state index in [1.54, 1.807) is 0 Å². The molecule has 1 aromatic rings. The van der Waals surface area contributed by atoms with E-state index in [-0.39, 0.29) is 0 Å². The first kappa shape index (κ1) is 5.77. The van der Waals surface area contributed by atoms with Crippen LogP contribution in [0.1, 0.15) is 12.6 Å². The lowest BCUT2D eigenvalue weighted by atomic mass is 10.4. The number of hydrogen-bond donors (Lipinski definition) is 0. The molecule has 0 unspecified atom stereocenters. The SMILES string of the molecule is Cc1cn2c(n1)O[C@H](C)C2. The predicted octanol–water partition coefficient (Wildman–Crippen LogP) is 0.972. The molecule has 3 heteroatoms. The molecule has 0 aliphatic carbocycles. The molecule has 1 aromatic heterocycles. The highest BCUT2D eigenvalue weighted by Crippen LogP contribution is 2.19. The molecule has 3 nitrogen and oxygen atoms in total. The van der Waals surface area contributed by atoms with E-state index in [2.05, 4.69) is 4.98 Å². The molecule has 0 spiro atoms. The van der Waals surface area contributed by atoms with Crippen LogP contribution in [0.25, 0.3) is 0 Å². The summed E-state index contributed by atoms with van der Waals surface area (Å²) in [7, 11) is 0. The second-order valence-electron chi connectivity index (χ2n) is 2.75. The van der Waals surface area contributed by atoms with Crippen molar-refractivity contribution in [2.75, 3.05) is 0 Å². The monoisotopic (exact) mass is 138 g/mol. The van der Waals surface area contributed by atoms with Crippen LogP contribution in [0, 0.1) is 6.92 Å². The lowest BCUT2D eigenvalue weighted by molar-refractivity contribution is 0.245. The van der Waals surface area contributed by atoms with Crippen molar-refractivity contribution in [1.29, 1.82) is 0 Å². The minimum absolute atomic E-state index is 0.295. The standard InChI is InChI=1S/C7H10N2O/c1-5-3-9-4-6(2)10-7(9)8-5/h3,6H,4H2,1-2H3/t6-/m1/s1. The van der Waals surface area contributed by atoms with E-state index in [4.69, 9.17) is 4.74 Å². The van der Waals surface area contributed by atoms with E-state index < -0.39 is 0 Å². The van der Waals surface area contributed by atoms with E-state index in [0.29, 0.717) is 6.10 Å². The van der Waals surface area contributed by atoms with Gasteiger partial charge in [0, 0.05) is 6.20 Å². The third-order valence-corrected chi connectivity index (χ3v) is 1.62. The number of fused-ring (bicyclic) bond motifs is 1. The van der Waals surface area contributed by atoms with Crippen LogP contribution in [0.2, 0.25) is 0 Å². The Kier molecular flexibility index (Phi) is 1.01. The minimum atomic E-state index is 0.295. The minimum Gasteiger partial charge on any atom is -0.460 e. The Labute approximate surface area is 59.6 Å². The van der Waals surface area contributed by atoms with Gasteiger partial charge in [0.25, 0.3) is 6.01 Å². The average molecular weight is 138 g/mol. The summed E-state index contributed by atoms with van der Waals surface area (Å²) < 4.78 is 7.42. The van der Waals surface area contributed by atoms with Gasteiger partial charge in [0.15, 0.2) is 0 Å².